The van der Waals surface area contributed by atoms with Crippen molar-refractivity contribution in [2.75, 3.05) is 6.61 Å². The molecule has 4 nitrogen and oxygen atoms in total. The first-order chi connectivity index (χ1) is 9.04. The lowest BCUT2D eigenvalue weighted by atomic mass is 10.2. The maximum atomic E-state index is 11.8. The summed E-state index contributed by atoms with van der Waals surface area (Å²) in [5.74, 6) is 0. The van der Waals surface area contributed by atoms with Crippen LogP contribution in [-0.2, 0) is 11.4 Å². The molecule has 0 saturated heterocycles. The van der Waals surface area contributed by atoms with Crippen LogP contribution < -0.4 is 5.48 Å². The number of rotatable bonds is 5. The molecule has 0 amide bonds. The summed E-state index contributed by atoms with van der Waals surface area (Å²) in [6.07, 6.45) is 0.818. The number of imidazole rings is 1. The Kier molecular flexibility index (Phi) is 4.18. The fourth-order valence-electron chi connectivity index (χ4n) is 1.47. The first-order valence-corrected chi connectivity index (χ1v) is 5.53. The van der Waals surface area contributed by atoms with E-state index in [1.165, 1.54) is 0 Å². The van der Waals surface area contributed by atoms with Gasteiger partial charge in [0.1, 0.15) is 0 Å². The minimum absolute atomic E-state index is 0.209. The van der Waals surface area contributed by atoms with E-state index in [1.54, 1.807) is 30.9 Å². The highest BCUT2D eigenvalue weighted by atomic mass is 19.4. The molecule has 1 aromatic carbocycles. The molecule has 0 atom stereocenters. The Balaban J connectivity index is 1.83. The number of alkyl halides is 3. The summed E-state index contributed by atoms with van der Waals surface area (Å²) in [5.41, 5.74) is 4.03. The van der Waals surface area contributed by atoms with Crippen molar-refractivity contribution in [1.29, 1.82) is 0 Å². The Morgan fingerprint density at radius 1 is 1.21 bits per heavy atom. The molecular weight excluding hydrogens is 259 g/mol. The van der Waals surface area contributed by atoms with Gasteiger partial charge in [0, 0.05) is 24.6 Å². The first-order valence-electron chi connectivity index (χ1n) is 5.53. The highest BCUT2D eigenvalue weighted by molar-refractivity contribution is 5.34. The van der Waals surface area contributed by atoms with E-state index in [1.807, 2.05) is 16.7 Å². The van der Waals surface area contributed by atoms with Crippen LogP contribution in [0.3, 0.4) is 0 Å². The molecule has 1 aromatic heterocycles. The van der Waals surface area contributed by atoms with Gasteiger partial charge in [-0.3, -0.25) is 4.84 Å². The van der Waals surface area contributed by atoms with Crippen LogP contribution in [-0.4, -0.2) is 22.3 Å². The molecule has 0 aliphatic carbocycles. The largest absolute Gasteiger partial charge is 0.413 e. The number of nitrogens with zero attached hydrogens (tertiary/aromatic N) is 2. The summed E-state index contributed by atoms with van der Waals surface area (Å²) in [6.45, 7) is -1.10. The third kappa shape index (κ3) is 4.38. The lowest BCUT2D eigenvalue weighted by Crippen LogP contribution is -2.24. The molecule has 1 heterocycles. The molecule has 2 rings (SSSR count). The van der Waals surface area contributed by atoms with Crippen molar-refractivity contribution in [2.45, 2.75) is 12.7 Å². The van der Waals surface area contributed by atoms with Crippen molar-refractivity contribution in [3.05, 3.63) is 48.5 Å². The number of nitrogens with one attached hydrogen (secondary N) is 1. The number of hydroxylamine groups is 1. The fraction of sp³-hybridized carbons (Fsp3) is 0.250. The molecular formula is C12H12F3N3O. The lowest BCUT2D eigenvalue weighted by Gasteiger charge is -2.09. The van der Waals surface area contributed by atoms with Gasteiger partial charge < -0.3 is 4.57 Å². The number of benzene rings is 1. The number of aromatic nitrogens is 2. The van der Waals surface area contributed by atoms with Gasteiger partial charge in [-0.2, -0.15) is 18.7 Å². The second-order valence-electron chi connectivity index (χ2n) is 3.86. The van der Waals surface area contributed by atoms with Crippen molar-refractivity contribution >= 4 is 0 Å². The highest BCUT2D eigenvalue weighted by Gasteiger charge is 2.27. The Hall–Kier alpha value is -1.86. The van der Waals surface area contributed by atoms with E-state index in [0.29, 0.717) is 0 Å². The number of halogens is 3. The molecule has 0 saturated carbocycles. The Morgan fingerprint density at radius 3 is 2.53 bits per heavy atom. The van der Waals surface area contributed by atoms with Crippen LogP contribution >= 0.6 is 0 Å². The van der Waals surface area contributed by atoms with Gasteiger partial charge in [0.25, 0.3) is 0 Å². The van der Waals surface area contributed by atoms with E-state index >= 15 is 0 Å². The van der Waals surface area contributed by atoms with Crippen LogP contribution in [0.15, 0.2) is 43.0 Å². The smallest absolute Gasteiger partial charge is 0.306 e. The summed E-state index contributed by atoms with van der Waals surface area (Å²) in [6, 6.07) is 7.31. The van der Waals surface area contributed by atoms with Crippen LogP contribution in [0.1, 0.15) is 5.56 Å². The molecule has 102 valence electrons. The van der Waals surface area contributed by atoms with Crippen LogP contribution in [0.25, 0.3) is 5.69 Å². The first kappa shape index (κ1) is 13.6. The van der Waals surface area contributed by atoms with Crippen molar-refractivity contribution < 1.29 is 18.0 Å². The van der Waals surface area contributed by atoms with Gasteiger partial charge in [0.2, 0.25) is 0 Å². The maximum absolute atomic E-state index is 11.8. The Morgan fingerprint density at radius 2 is 1.95 bits per heavy atom. The third-order valence-corrected chi connectivity index (χ3v) is 2.35. The molecule has 0 fully saturated rings. The molecule has 2 aromatic rings. The third-order valence-electron chi connectivity index (χ3n) is 2.35. The van der Waals surface area contributed by atoms with Gasteiger partial charge >= 0.3 is 6.18 Å². The average Bonchev–Trinajstić information content (AvgIpc) is 2.88. The molecule has 0 unspecified atom stereocenters. The topological polar surface area (TPSA) is 39.1 Å². The zero-order valence-corrected chi connectivity index (χ0v) is 9.89. The summed E-state index contributed by atoms with van der Waals surface area (Å²) in [4.78, 5) is 8.24. The Bertz CT molecular complexity index is 494. The van der Waals surface area contributed by atoms with Crippen LogP contribution in [0.5, 0.6) is 0 Å². The van der Waals surface area contributed by atoms with E-state index in [9.17, 15) is 13.2 Å². The zero-order valence-electron chi connectivity index (χ0n) is 9.89. The average molecular weight is 271 g/mol. The minimum atomic E-state index is -4.32. The van der Waals surface area contributed by atoms with E-state index in [0.717, 1.165) is 11.3 Å². The summed E-state index contributed by atoms with van der Waals surface area (Å²) in [7, 11) is 0. The molecule has 0 aliphatic rings. The van der Waals surface area contributed by atoms with Crippen molar-refractivity contribution in [3.63, 3.8) is 0 Å². The summed E-state index contributed by atoms with van der Waals surface area (Å²) in [5, 5.41) is 0. The van der Waals surface area contributed by atoms with E-state index in [-0.39, 0.29) is 6.54 Å². The van der Waals surface area contributed by atoms with Crippen LogP contribution in [0, 0.1) is 0 Å². The van der Waals surface area contributed by atoms with Gasteiger partial charge in [0.05, 0.1) is 6.33 Å². The monoisotopic (exact) mass is 271 g/mol. The molecule has 0 bridgehead atoms. The SMILES string of the molecule is FC(F)(F)CONCc1ccc(-n2ccnc2)cc1. The van der Waals surface area contributed by atoms with Crippen LogP contribution in [0.4, 0.5) is 13.2 Å². The summed E-state index contributed by atoms with van der Waals surface area (Å²) < 4.78 is 37.3. The standard InChI is InChI=1S/C12H12F3N3O/c13-12(14,15)8-19-17-7-10-1-3-11(4-2-10)18-6-5-16-9-18/h1-6,9,17H,7-8H2. The number of hydrogen-bond acceptors (Lipinski definition) is 3. The number of hydrogen-bond donors (Lipinski definition) is 1. The quantitative estimate of drug-likeness (QED) is 0.670. The van der Waals surface area contributed by atoms with Gasteiger partial charge in [-0.15, -0.1) is 0 Å². The van der Waals surface area contributed by atoms with E-state index < -0.39 is 12.8 Å². The summed E-state index contributed by atoms with van der Waals surface area (Å²) >= 11 is 0. The second kappa shape index (κ2) is 5.85. The normalized spacial score (nSPS) is 11.7. The molecule has 0 aliphatic heterocycles. The fourth-order valence-corrected chi connectivity index (χ4v) is 1.47. The molecule has 0 spiro atoms. The molecule has 19 heavy (non-hydrogen) atoms. The molecule has 1 N–H and O–H groups in total. The predicted molar refractivity (Wildman–Crippen MR) is 62.4 cm³/mol. The van der Waals surface area contributed by atoms with Crippen molar-refractivity contribution in [3.8, 4) is 5.69 Å². The Labute approximate surface area is 107 Å². The molecule has 0 radical (unpaired) electrons. The predicted octanol–water partition coefficient (Wildman–Crippen LogP) is 2.46. The van der Waals surface area contributed by atoms with E-state index in [4.69, 9.17) is 0 Å². The maximum Gasteiger partial charge on any atom is 0.413 e. The van der Waals surface area contributed by atoms with Gasteiger partial charge in [-0.25, -0.2) is 4.98 Å². The van der Waals surface area contributed by atoms with Crippen molar-refractivity contribution in [2.24, 2.45) is 0 Å². The van der Waals surface area contributed by atoms with E-state index in [2.05, 4.69) is 15.3 Å². The second-order valence-corrected chi connectivity index (χ2v) is 3.86. The lowest BCUT2D eigenvalue weighted by molar-refractivity contribution is -0.190. The van der Waals surface area contributed by atoms with Crippen molar-refractivity contribution in [1.82, 2.24) is 15.0 Å². The van der Waals surface area contributed by atoms with Gasteiger partial charge in [-0.05, 0) is 17.7 Å². The highest BCUT2D eigenvalue weighted by Crippen LogP contribution is 2.14. The van der Waals surface area contributed by atoms with Gasteiger partial charge in [-0.1, -0.05) is 12.1 Å². The van der Waals surface area contributed by atoms with Crippen LogP contribution in [0.2, 0.25) is 0 Å². The zero-order chi connectivity index (χ0) is 13.7. The minimum Gasteiger partial charge on any atom is -0.306 e. The van der Waals surface area contributed by atoms with Gasteiger partial charge in [0.15, 0.2) is 6.61 Å². The molecule has 7 heteroatoms.